The Morgan fingerprint density at radius 3 is 2.40 bits per heavy atom. The molecule has 0 aliphatic heterocycles. The van der Waals surface area contributed by atoms with Crippen LogP contribution < -0.4 is 10.6 Å². The summed E-state index contributed by atoms with van der Waals surface area (Å²) in [6, 6.07) is 13.8. The molecule has 0 spiro atoms. The first-order valence-corrected chi connectivity index (χ1v) is 6.18. The van der Waals surface area contributed by atoms with Gasteiger partial charge in [-0.2, -0.15) is 0 Å². The average Bonchev–Trinajstić information content (AvgIpc) is 2.48. The lowest BCUT2D eigenvalue weighted by Gasteiger charge is -2.17. The van der Waals surface area contributed by atoms with Gasteiger partial charge in [0.05, 0.1) is 18.3 Å². The Balaban J connectivity index is 2.02. The first-order chi connectivity index (χ1) is 9.70. The fourth-order valence-corrected chi connectivity index (χ4v) is 1.80. The van der Waals surface area contributed by atoms with Crippen LogP contribution in [-0.2, 0) is 0 Å². The lowest BCUT2D eigenvalue weighted by Crippen LogP contribution is -2.34. The van der Waals surface area contributed by atoms with E-state index in [1.54, 1.807) is 24.3 Å². The third kappa shape index (κ3) is 3.55. The molecule has 0 radical (unpaired) electrons. The largest absolute Gasteiger partial charge is 0.394 e. The Morgan fingerprint density at radius 1 is 1.10 bits per heavy atom. The van der Waals surface area contributed by atoms with Gasteiger partial charge in [-0.3, -0.25) is 0 Å². The zero-order chi connectivity index (χ0) is 14.4. The summed E-state index contributed by atoms with van der Waals surface area (Å²) in [6.07, 6.45) is 0. The van der Waals surface area contributed by atoms with Crippen LogP contribution in [0.25, 0.3) is 0 Å². The standard InChI is InChI=1S/C15H15FN2O2/c16-12-8-4-5-9-13(12)17-15(20)18-14(10-19)11-6-2-1-3-7-11/h1-9,14,19H,10H2,(H2,17,18,20). The lowest BCUT2D eigenvalue weighted by molar-refractivity contribution is 0.225. The molecular weight excluding hydrogens is 259 g/mol. The summed E-state index contributed by atoms with van der Waals surface area (Å²) in [7, 11) is 0. The number of anilines is 1. The summed E-state index contributed by atoms with van der Waals surface area (Å²) in [5.41, 5.74) is 0.869. The number of carbonyl (C=O) groups excluding carboxylic acids is 1. The monoisotopic (exact) mass is 274 g/mol. The number of rotatable bonds is 4. The Labute approximate surface area is 116 Å². The van der Waals surface area contributed by atoms with Crippen LogP contribution in [0, 0.1) is 5.82 Å². The van der Waals surface area contributed by atoms with Gasteiger partial charge < -0.3 is 15.7 Å². The van der Waals surface area contributed by atoms with Crippen LogP contribution in [0.1, 0.15) is 11.6 Å². The maximum Gasteiger partial charge on any atom is 0.319 e. The first-order valence-electron chi connectivity index (χ1n) is 6.18. The molecule has 0 saturated heterocycles. The molecule has 0 aromatic heterocycles. The van der Waals surface area contributed by atoms with Crippen molar-refractivity contribution < 1.29 is 14.3 Å². The highest BCUT2D eigenvalue weighted by molar-refractivity contribution is 5.89. The zero-order valence-corrected chi connectivity index (χ0v) is 10.7. The third-order valence-electron chi connectivity index (χ3n) is 2.81. The molecule has 20 heavy (non-hydrogen) atoms. The van der Waals surface area contributed by atoms with Crippen LogP contribution in [0.5, 0.6) is 0 Å². The molecule has 0 fully saturated rings. The number of hydrogen-bond acceptors (Lipinski definition) is 2. The summed E-state index contributed by atoms with van der Waals surface area (Å²) < 4.78 is 13.4. The third-order valence-corrected chi connectivity index (χ3v) is 2.81. The Kier molecular flexibility index (Phi) is 4.68. The van der Waals surface area contributed by atoms with E-state index in [1.807, 2.05) is 18.2 Å². The van der Waals surface area contributed by atoms with Crippen molar-refractivity contribution in [3.05, 3.63) is 66.0 Å². The molecule has 104 valence electrons. The SMILES string of the molecule is O=C(Nc1ccccc1F)NC(CO)c1ccccc1. The molecule has 0 aliphatic carbocycles. The van der Waals surface area contributed by atoms with Gasteiger partial charge in [-0.05, 0) is 17.7 Å². The van der Waals surface area contributed by atoms with Gasteiger partial charge in [0.15, 0.2) is 0 Å². The molecule has 5 heteroatoms. The topological polar surface area (TPSA) is 61.4 Å². The van der Waals surface area contributed by atoms with Gasteiger partial charge in [0.25, 0.3) is 0 Å². The number of nitrogens with one attached hydrogen (secondary N) is 2. The van der Waals surface area contributed by atoms with E-state index in [-0.39, 0.29) is 12.3 Å². The smallest absolute Gasteiger partial charge is 0.319 e. The lowest BCUT2D eigenvalue weighted by atomic mass is 10.1. The molecule has 2 aromatic carbocycles. The second-order valence-corrected chi connectivity index (χ2v) is 4.22. The predicted molar refractivity (Wildman–Crippen MR) is 74.8 cm³/mol. The normalized spacial score (nSPS) is 11.7. The highest BCUT2D eigenvalue weighted by Gasteiger charge is 2.14. The average molecular weight is 274 g/mol. The van der Waals surface area contributed by atoms with E-state index in [0.29, 0.717) is 0 Å². The molecule has 1 unspecified atom stereocenters. The summed E-state index contributed by atoms with van der Waals surface area (Å²) >= 11 is 0. The summed E-state index contributed by atoms with van der Waals surface area (Å²) in [6.45, 7) is -0.241. The van der Waals surface area contributed by atoms with Crippen LogP contribution in [0.3, 0.4) is 0 Å². The van der Waals surface area contributed by atoms with Crippen LogP contribution in [0.2, 0.25) is 0 Å². The minimum Gasteiger partial charge on any atom is -0.394 e. The van der Waals surface area contributed by atoms with E-state index in [9.17, 15) is 14.3 Å². The Morgan fingerprint density at radius 2 is 1.75 bits per heavy atom. The van der Waals surface area contributed by atoms with Gasteiger partial charge in [0, 0.05) is 0 Å². The van der Waals surface area contributed by atoms with E-state index in [2.05, 4.69) is 10.6 Å². The number of hydrogen-bond donors (Lipinski definition) is 3. The van der Waals surface area contributed by atoms with Gasteiger partial charge >= 0.3 is 6.03 Å². The second-order valence-electron chi connectivity index (χ2n) is 4.22. The number of halogens is 1. The molecule has 3 N–H and O–H groups in total. The van der Waals surface area contributed by atoms with Gasteiger partial charge in [0.2, 0.25) is 0 Å². The Bertz CT molecular complexity index is 575. The molecular formula is C15H15FN2O2. The molecule has 0 saturated carbocycles. The van der Waals surface area contributed by atoms with Crippen LogP contribution in [-0.4, -0.2) is 17.7 Å². The van der Waals surface area contributed by atoms with Gasteiger partial charge in [-0.15, -0.1) is 0 Å². The van der Waals surface area contributed by atoms with Crippen molar-refractivity contribution in [3.63, 3.8) is 0 Å². The van der Waals surface area contributed by atoms with E-state index >= 15 is 0 Å². The van der Waals surface area contributed by atoms with Crippen molar-refractivity contribution >= 4 is 11.7 Å². The van der Waals surface area contributed by atoms with Crippen LogP contribution >= 0.6 is 0 Å². The van der Waals surface area contributed by atoms with Crippen molar-refractivity contribution in [2.75, 3.05) is 11.9 Å². The molecule has 2 aromatic rings. The van der Waals surface area contributed by atoms with Crippen molar-refractivity contribution in [2.45, 2.75) is 6.04 Å². The van der Waals surface area contributed by atoms with Crippen LogP contribution in [0.4, 0.5) is 14.9 Å². The van der Waals surface area contributed by atoms with Crippen molar-refractivity contribution in [2.24, 2.45) is 0 Å². The number of aliphatic hydroxyl groups excluding tert-OH is 1. The fourth-order valence-electron chi connectivity index (χ4n) is 1.80. The van der Waals surface area contributed by atoms with Crippen molar-refractivity contribution in [1.82, 2.24) is 5.32 Å². The predicted octanol–water partition coefficient (Wildman–Crippen LogP) is 2.68. The van der Waals surface area contributed by atoms with E-state index in [1.165, 1.54) is 12.1 Å². The number of benzene rings is 2. The number of para-hydroxylation sites is 1. The second kappa shape index (κ2) is 6.68. The molecule has 1 atom stereocenters. The summed E-state index contributed by atoms with van der Waals surface area (Å²) in [5, 5.41) is 14.3. The minimum atomic E-state index is -0.571. The highest BCUT2D eigenvalue weighted by atomic mass is 19.1. The maximum atomic E-state index is 13.4. The molecule has 0 bridgehead atoms. The van der Waals surface area contributed by atoms with E-state index in [4.69, 9.17) is 0 Å². The molecule has 4 nitrogen and oxygen atoms in total. The summed E-state index contributed by atoms with van der Waals surface area (Å²) in [5.74, 6) is -0.511. The van der Waals surface area contributed by atoms with Gasteiger partial charge in [0.1, 0.15) is 5.82 Å². The number of aliphatic hydroxyl groups is 1. The minimum absolute atomic E-state index is 0.0924. The van der Waals surface area contributed by atoms with Crippen LogP contribution in [0.15, 0.2) is 54.6 Å². The molecule has 2 rings (SSSR count). The van der Waals surface area contributed by atoms with E-state index < -0.39 is 17.9 Å². The van der Waals surface area contributed by atoms with Gasteiger partial charge in [-0.1, -0.05) is 42.5 Å². The highest BCUT2D eigenvalue weighted by Crippen LogP contribution is 2.14. The number of carbonyl (C=O) groups is 1. The van der Waals surface area contributed by atoms with E-state index in [0.717, 1.165) is 5.56 Å². The maximum absolute atomic E-state index is 13.4. The fraction of sp³-hybridized carbons (Fsp3) is 0.133. The first kappa shape index (κ1) is 14.0. The van der Waals surface area contributed by atoms with Gasteiger partial charge in [-0.25, -0.2) is 9.18 Å². The molecule has 0 heterocycles. The van der Waals surface area contributed by atoms with Crippen molar-refractivity contribution in [1.29, 1.82) is 0 Å². The van der Waals surface area contributed by atoms with Crippen molar-refractivity contribution in [3.8, 4) is 0 Å². The number of amides is 2. The molecule has 2 amide bonds. The summed E-state index contributed by atoms with van der Waals surface area (Å²) in [4.78, 5) is 11.8. The number of urea groups is 1. The zero-order valence-electron chi connectivity index (χ0n) is 10.7. The quantitative estimate of drug-likeness (QED) is 0.802. The Hall–Kier alpha value is -2.40. The molecule has 0 aliphatic rings.